The highest BCUT2D eigenvalue weighted by atomic mass is 35.5. The van der Waals surface area contributed by atoms with Crippen molar-refractivity contribution in [2.45, 2.75) is 18.9 Å². The molecule has 2 aliphatic rings. The fraction of sp³-hybridized carbons (Fsp3) is 0.273. The van der Waals surface area contributed by atoms with Gasteiger partial charge in [-0.25, -0.2) is 0 Å². The lowest BCUT2D eigenvalue weighted by Gasteiger charge is -2.42. The molecule has 6 heteroatoms. The second-order valence-corrected chi connectivity index (χ2v) is 7.96. The molecule has 2 bridgehead atoms. The maximum absolute atomic E-state index is 13.1. The highest BCUT2D eigenvalue weighted by molar-refractivity contribution is 6.33. The van der Waals surface area contributed by atoms with Gasteiger partial charge in [0.05, 0.1) is 5.02 Å². The van der Waals surface area contributed by atoms with Crippen LogP contribution in [0, 0.1) is 5.92 Å². The SMILES string of the molecule is O=C(c1ccc(-c2ccccc2Cl)o1)N1C[C@H]2C[C@@H](C1)c1cccc(=O)n1C2. The minimum absolute atomic E-state index is 0.0439. The third-order valence-electron chi connectivity index (χ3n) is 5.72. The van der Waals surface area contributed by atoms with E-state index in [-0.39, 0.29) is 23.3 Å². The van der Waals surface area contributed by atoms with Gasteiger partial charge in [0.1, 0.15) is 5.76 Å². The zero-order valence-corrected chi connectivity index (χ0v) is 15.9. The van der Waals surface area contributed by atoms with Gasteiger partial charge in [-0.15, -0.1) is 0 Å². The van der Waals surface area contributed by atoms with Crippen LogP contribution in [0.25, 0.3) is 11.3 Å². The van der Waals surface area contributed by atoms with E-state index in [9.17, 15) is 9.59 Å². The number of benzene rings is 1. The van der Waals surface area contributed by atoms with Gasteiger partial charge in [0.25, 0.3) is 11.5 Å². The van der Waals surface area contributed by atoms with Crippen LogP contribution < -0.4 is 5.56 Å². The van der Waals surface area contributed by atoms with E-state index in [1.807, 2.05) is 33.7 Å². The molecule has 4 heterocycles. The van der Waals surface area contributed by atoms with Crippen molar-refractivity contribution in [3.05, 3.63) is 81.4 Å². The van der Waals surface area contributed by atoms with Gasteiger partial charge in [-0.3, -0.25) is 9.59 Å². The van der Waals surface area contributed by atoms with E-state index in [2.05, 4.69) is 0 Å². The van der Waals surface area contributed by atoms with Crippen molar-refractivity contribution in [3.63, 3.8) is 0 Å². The number of likely N-dealkylation sites (tertiary alicyclic amines) is 1. The zero-order chi connectivity index (χ0) is 19.3. The Kier molecular flexibility index (Phi) is 4.13. The van der Waals surface area contributed by atoms with Crippen molar-refractivity contribution < 1.29 is 9.21 Å². The van der Waals surface area contributed by atoms with Gasteiger partial charge in [-0.05, 0) is 42.7 Å². The first kappa shape index (κ1) is 17.3. The summed E-state index contributed by atoms with van der Waals surface area (Å²) in [6.07, 6.45) is 1.01. The molecule has 3 aromatic rings. The number of hydrogen-bond acceptors (Lipinski definition) is 3. The fourth-order valence-electron chi connectivity index (χ4n) is 4.48. The molecular formula is C22H19ClN2O3. The van der Waals surface area contributed by atoms with Gasteiger partial charge in [-0.2, -0.15) is 0 Å². The van der Waals surface area contributed by atoms with E-state index in [1.165, 1.54) is 0 Å². The van der Waals surface area contributed by atoms with Crippen molar-refractivity contribution >= 4 is 17.5 Å². The Labute approximate surface area is 167 Å². The number of aromatic nitrogens is 1. The van der Waals surface area contributed by atoms with Crippen molar-refractivity contribution in [2.24, 2.45) is 5.92 Å². The van der Waals surface area contributed by atoms with Crippen LogP contribution >= 0.6 is 11.6 Å². The summed E-state index contributed by atoms with van der Waals surface area (Å²) in [6, 6.07) is 16.3. The molecule has 0 radical (unpaired) electrons. The molecule has 28 heavy (non-hydrogen) atoms. The summed E-state index contributed by atoms with van der Waals surface area (Å²) in [5.41, 5.74) is 1.84. The lowest BCUT2D eigenvalue weighted by atomic mass is 9.83. The van der Waals surface area contributed by atoms with Gasteiger partial charge in [0.15, 0.2) is 5.76 Å². The maximum atomic E-state index is 13.1. The largest absolute Gasteiger partial charge is 0.451 e. The Morgan fingerprint density at radius 2 is 1.86 bits per heavy atom. The van der Waals surface area contributed by atoms with Crippen molar-refractivity contribution in [1.82, 2.24) is 9.47 Å². The first-order valence-electron chi connectivity index (χ1n) is 9.44. The Hall–Kier alpha value is -2.79. The minimum atomic E-state index is -0.111. The quantitative estimate of drug-likeness (QED) is 0.659. The molecule has 2 atom stereocenters. The summed E-state index contributed by atoms with van der Waals surface area (Å²) in [7, 11) is 0. The number of pyridine rings is 1. The van der Waals surface area contributed by atoms with Crippen molar-refractivity contribution in [2.75, 3.05) is 13.1 Å². The summed E-state index contributed by atoms with van der Waals surface area (Å²) in [5.74, 6) is 1.26. The zero-order valence-electron chi connectivity index (χ0n) is 15.2. The normalized spacial score (nSPS) is 20.7. The molecule has 0 spiro atoms. The number of furan rings is 1. The highest BCUT2D eigenvalue weighted by Crippen LogP contribution is 2.36. The summed E-state index contributed by atoms with van der Waals surface area (Å²) >= 11 is 6.24. The van der Waals surface area contributed by atoms with Crippen LogP contribution in [0.2, 0.25) is 5.02 Å². The van der Waals surface area contributed by atoms with E-state index >= 15 is 0 Å². The Morgan fingerprint density at radius 3 is 2.71 bits per heavy atom. The Balaban J connectivity index is 1.40. The van der Waals surface area contributed by atoms with E-state index in [0.29, 0.717) is 36.2 Å². The first-order valence-corrected chi connectivity index (χ1v) is 9.81. The predicted octanol–water partition coefficient (Wildman–Crippen LogP) is 4.02. The van der Waals surface area contributed by atoms with Crippen LogP contribution in [0.3, 0.4) is 0 Å². The maximum Gasteiger partial charge on any atom is 0.289 e. The number of carbonyl (C=O) groups is 1. The molecule has 5 nitrogen and oxygen atoms in total. The molecule has 0 saturated carbocycles. The molecular weight excluding hydrogens is 376 g/mol. The molecule has 1 saturated heterocycles. The Bertz CT molecular complexity index is 1120. The molecule has 5 rings (SSSR count). The number of fused-ring (bicyclic) bond motifs is 4. The molecule has 0 unspecified atom stereocenters. The Morgan fingerprint density at radius 1 is 1.00 bits per heavy atom. The number of rotatable bonds is 2. The molecule has 1 amide bonds. The molecule has 0 N–H and O–H groups in total. The van der Waals surface area contributed by atoms with Crippen LogP contribution in [0.15, 0.2) is 63.8 Å². The van der Waals surface area contributed by atoms with E-state index < -0.39 is 0 Å². The number of piperidine rings is 1. The molecule has 142 valence electrons. The predicted molar refractivity (Wildman–Crippen MR) is 107 cm³/mol. The summed E-state index contributed by atoms with van der Waals surface area (Å²) < 4.78 is 7.71. The number of carbonyl (C=O) groups excluding carboxylic acids is 1. The minimum Gasteiger partial charge on any atom is -0.451 e. The molecule has 2 aliphatic heterocycles. The van der Waals surface area contributed by atoms with Gasteiger partial charge >= 0.3 is 0 Å². The lowest BCUT2D eigenvalue weighted by Crippen LogP contribution is -2.49. The average Bonchev–Trinajstić information content (AvgIpc) is 3.18. The highest BCUT2D eigenvalue weighted by Gasteiger charge is 2.37. The monoisotopic (exact) mass is 394 g/mol. The number of nitrogens with zero attached hydrogens (tertiary/aromatic N) is 2. The lowest BCUT2D eigenvalue weighted by molar-refractivity contribution is 0.0564. The van der Waals surface area contributed by atoms with E-state index in [4.69, 9.17) is 16.0 Å². The standard InChI is InChI=1S/C22H19ClN2O3/c23-17-5-2-1-4-16(17)19-8-9-20(28-19)22(27)24-11-14-10-15(13-24)18-6-3-7-21(26)25(18)12-14/h1-9,14-15H,10-13H2/t14-,15+/m1/s1. The van der Waals surface area contributed by atoms with Gasteiger partial charge < -0.3 is 13.9 Å². The van der Waals surface area contributed by atoms with Gasteiger partial charge in [-0.1, -0.05) is 29.8 Å². The number of amides is 1. The third kappa shape index (κ3) is 2.87. The number of hydrogen-bond donors (Lipinski definition) is 0. The van der Waals surface area contributed by atoms with E-state index in [0.717, 1.165) is 17.7 Å². The molecule has 1 aromatic carbocycles. The third-order valence-corrected chi connectivity index (χ3v) is 6.05. The van der Waals surface area contributed by atoms with Crippen LogP contribution in [-0.2, 0) is 6.54 Å². The van der Waals surface area contributed by atoms with Crippen LogP contribution in [0.1, 0.15) is 28.6 Å². The smallest absolute Gasteiger partial charge is 0.289 e. The van der Waals surface area contributed by atoms with Crippen LogP contribution in [0.5, 0.6) is 0 Å². The average molecular weight is 395 g/mol. The van der Waals surface area contributed by atoms with Crippen LogP contribution in [-0.4, -0.2) is 28.5 Å². The summed E-state index contributed by atoms with van der Waals surface area (Å²) in [4.78, 5) is 27.1. The van der Waals surface area contributed by atoms with Crippen molar-refractivity contribution in [3.8, 4) is 11.3 Å². The molecule has 0 aliphatic carbocycles. The summed E-state index contributed by atoms with van der Waals surface area (Å²) in [5, 5.41) is 0.588. The molecule has 2 aromatic heterocycles. The van der Waals surface area contributed by atoms with E-state index in [1.54, 1.807) is 30.3 Å². The summed E-state index contributed by atoms with van der Waals surface area (Å²) in [6.45, 7) is 1.90. The first-order chi connectivity index (χ1) is 13.6. The second-order valence-electron chi connectivity index (χ2n) is 7.55. The number of halogens is 1. The van der Waals surface area contributed by atoms with Crippen LogP contribution in [0.4, 0.5) is 0 Å². The van der Waals surface area contributed by atoms with Crippen molar-refractivity contribution in [1.29, 1.82) is 0 Å². The molecule has 1 fully saturated rings. The van der Waals surface area contributed by atoms with Gasteiger partial charge in [0, 0.05) is 42.9 Å². The van der Waals surface area contributed by atoms with Gasteiger partial charge in [0.2, 0.25) is 0 Å². The second kappa shape index (κ2) is 6.67. The fourth-order valence-corrected chi connectivity index (χ4v) is 4.71. The topological polar surface area (TPSA) is 55.5 Å².